The van der Waals surface area contributed by atoms with E-state index < -0.39 is 0 Å². The molecular formula is C16H15N3O2. The molecule has 0 fully saturated rings. The molecule has 0 saturated carbocycles. The van der Waals surface area contributed by atoms with E-state index in [1.54, 1.807) is 12.1 Å². The molecule has 0 spiro atoms. The number of hydrogen-bond acceptors (Lipinski definition) is 2. The van der Waals surface area contributed by atoms with Crippen molar-refractivity contribution in [1.82, 2.24) is 14.9 Å². The summed E-state index contributed by atoms with van der Waals surface area (Å²) < 4.78 is 1.96. The third-order valence-electron chi connectivity index (χ3n) is 3.35. The number of amides is 1. The Kier molecular flexibility index (Phi) is 3.55. The summed E-state index contributed by atoms with van der Waals surface area (Å²) in [5.41, 5.74) is 0.621. The van der Waals surface area contributed by atoms with Gasteiger partial charge in [-0.25, -0.2) is 0 Å². The Morgan fingerprint density at radius 3 is 2.71 bits per heavy atom. The smallest absolute Gasteiger partial charge is 0.256 e. The van der Waals surface area contributed by atoms with Crippen molar-refractivity contribution in [2.24, 2.45) is 0 Å². The quantitative estimate of drug-likeness (QED) is 0.765. The van der Waals surface area contributed by atoms with E-state index in [0.717, 1.165) is 5.52 Å². The van der Waals surface area contributed by atoms with Crippen LogP contribution in [0.15, 0.2) is 59.8 Å². The number of para-hydroxylation sites is 1. The van der Waals surface area contributed by atoms with Crippen LogP contribution in [-0.2, 0) is 6.54 Å². The van der Waals surface area contributed by atoms with Gasteiger partial charge in [0, 0.05) is 42.6 Å². The van der Waals surface area contributed by atoms with Gasteiger partial charge in [-0.05, 0) is 24.3 Å². The second-order valence-electron chi connectivity index (χ2n) is 4.75. The molecule has 0 aliphatic rings. The molecule has 3 rings (SSSR count). The number of benzene rings is 1. The minimum atomic E-state index is -0.353. The Labute approximate surface area is 121 Å². The van der Waals surface area contributed by atoms with Crippen molar-refractivity contribution in [3.63, 3.8) is 0 Å². The largest absolute Gasteiger partial charge is 0.360 e. The number of carbonyl (C=O) groups excluding carboxylic acids is 1. The number of aromatic nitrogens is 2. The molecule has 1 aromatic carbocycles. The topological polar surface area (TPSA) is 66.9 Å². The van der Waals surface area contributed by atoms with Crippen LogP contribution in [0.3, 0.4) is 0 Å². The number of pyridine rings is 1. The first kappa shape index (κ1) is 13.2. The van der Waals surface area contributed by atoms with Gasteiger partial charge in [0.25, 0.3) is 5.91 Å². The van der Waals surface area contributed by atoms with E-state index in [0.29, 0.717) is 18.5 Å². The van der Waals surface area contributed by atoms with Gasteiger partial charge < -0.3 is 14.9 Å². The van der Waals surface area contributed by atoms with E-state index in [4.69, 9.17) is 0 Å². The van der Waals surface area contributed by atoms with Gasteiger partial charge in [-0.1, -0.05) is 12.1 Å². The van der Waals surface area contributed by atoms with Gasteiger partial charge in [0.05, 0.1) is 0 Å². The Bertz CT molecular complexity index is 819. The zero-order valence-electron chi connectivity index (χ0n) is 11.4. The maximum absolute atomic E-state index is 12.3. The molecule has 0 bridgehead atoms. The van der Waals surface area contributed by atoms with E-state index in [2.05, 4.69) is 10.3 Å². The molecule has 2 N–H and O–H groups in total. The molecule has 21 heavy (non-hydrogen) atoms. The van der Waals surface area contributed by atoms with Crippen LogP contribution >= 0.6 is 0 Å². The van der Waals surface area contributed by atoms with Gasteiger partial charge in [-0.15, -0.1) is 0 Å². The number of rotatable bonds is 4. The van der Waals surface area contributed by atoms with E-state index in [1.807, 2.05) is 41.2 Å². The van der Waals surface area contributed by atoms with Crippen LogP contribution < -0.4 is 10.7 Å². The van der Waals surface area contributed by atoms with Crippen LogP contribution in [0.25, 0.3) is 10.9 Å². The predicted molar refractivity (Wildman–Crippen MR) is 81.3 cm³/mol. The first-order valence-corrected chi connectivity index (χ1v) is 6.75. The second kappa shape index (κ2) is 5.66. The standard InChI is InChI=1S/C16H15N3O2/c20-15-12-5-1-2-6-14(12)18-11-13(15)16(21)17-7-10-19-8-3-4-9-19/h1-6,8-9,11H,7,10H2,(H,17,21)(H,18,20). The highest BCUT2D eigenvalue weighted by atomic mass is 16.2. The van der Waals surface area contributed by atoms with Gasteiger partial charge >= 0.3 is 0 Å². The van der Waals surface area contributed by atoms with Crippen molar-refractivity contribution in [1.29, 1.82) is 0 Å². The molecule has 2 aromatic heterocycles. The molecule has 0 unspecified atom stereocenters. The lowest BCUT2D eigenvalue weighted by Crippen LogP contribution is -2.31. The fourth-order valence-corrected chi connectivity index (χ4v) is 2.25. The highest BCUT2D eigenvalue weighted by Gasteiger charge is 2.11. The van der Waals surface area contributed by atoms with E-state index in [-0.39, 0.29) is 16.9 Å². The fraction of sp³-hybridized carbons (Fsp3) is 0.125. The summed E-state index contributed by atoms with van der Waals surface area (Å²) in [6, 6.07) is 11.0. The van der Waals surface area contributed by atoms with Crippen LogP contribution in [0.1, 0.15) is 10.4 Å². The zero-order valence-corrected chi connectivity index (χ0v) is 11.4. The minimum absolute atomic E-state index is 0.140. The monoisotopic (exact) mass is 281 g/mol. The number of nitrogens with one attached hydrogen (secondary N) is 2. The Balaban J connectivity index is 1.75. The summed E-state index contributed by atoms with van der Waals surface area (Å²) in [5, 5.41) is 3.29. The van der Waals surface area contributed by atoms with Gasteiger partial charge in [-0.3, -0.25) is 9.59 Å². The van der Waals surface area contributed by atoms with Gasteiger partial charge in [0.2, 0.25) is 5.43 Å². The van der Waals surface area contributed by atoms with Crippen molar-refractivity contribution < 1.29 is 4.79 Å². The highest BCUT2D eigenvalue weighted by molar-refractivity contribution is 5.97. The number of aromatic amines is 1. The molecule has 0 aliphatic carbocycles. The van der Waals surface area contributed by atoms with Crippen molar-refractivity contribution in [2.45, 2.75) is 6.54 Å². The SMILES string of the molecule is O=C(NCCn1cccc1)c1c[nH]c2ccccc2c1=O. The summed E-state index contributed by atoms with van der Waals surface area (Å²) in [5.74, 6) is -0.353. The highest BCUT2D eigenvalue weighted by Crippen LogP contribution is 2.06. The summed E-state index contributed by atoms with van der Waals surface area (Å²) in [6.07, 6.45) is 5.32. The predicted octanol–water partition coefficient (Wildman–Crippen LogP) is 1.76. The zero-order chi connectivity index (χ0) is 14.7. The van der Waals surface area contributed by atoms with E-state index in [1.165, 1.54) is 6.20 Å². The molecule has 0 atom stereocenters. The third kappa shape index (κ3) is 2.72. The Hall–Kier alpha value is -2.82. The Morgan fingerprint density at radius 1 is 1.14 bits per heavy atom. The molecule has 0 saturated heterocycles. The van der Waals surface area contributed by atoms with Gasteiger partial charge in [0.15, 0.2) is 0 Å². The average Bonchev–Trinajstić information content (AvgIpc) is 3.01. The maximum atomic E-state index is 12.3. The summed E-state index contributed by atoms with van der Waals surface area (Å²) in [7, 11) is 0. The minimum Gasteiger partial charge on any atom is -0.360 e. The number of hydrogen-bond donors (Lipinski definition) is 2. The third-order valence-corrected chi connectivity index (χ3v) is 3.35. The second-order valence-corrected chi connectivity index (χ2v) is 4.75. The molecule has 2 heterocycles. The number of fused-ring (bicyclic) bond motifs is 1. The first-order valence-electron chi connectivity index (χ1n) is 6.75. The average molecular weight is 281 g/mol. The first-order chi connectivity index (χ1) is 10.3. The lowest BCUT2D eigenvalue weighted by molar-refractivity contribution is 0.0951. The molecule has 1 amide bonds. The lowest BCUT2D eigenvalue weighted by Gasteiger charge is -2.06. The number of carbonyl (C=O) groups is 1. The normalized spacial score (nSPS) is 10.7. The molecule has 5 nitrogen and oxygen atoms in total. The lowest BCUT2D eigenvalue weighted by atomic mass is 10.1. The van der Waals surface area contributed by atoms with Crippen molar-refractivity contribution >= 4 is 16.8 Å². The Morgan fingerprint density at radius 2 is 1.90 bits per heavy atom. The molecule has 5 heteroatoms. The van der Waals surface area contributed by atoms with E-state index in [9.17, 15) is 9.59 Å². The maximum Gasteiger partial charge on any atom is 0.256 e. The molecule has 3 aromatic rings. The van der Waals surface area contributed by atoms with E-state index >= 15 is 0 Å². The van der Waals surface area contributed by atoms with Gasteiger partial charge in [0.1, 0.15) is 5.56 Å². The molecule has 106 valence electrons. The molecule has 0 aliphatic heterocycles. The molecular weight excluding hydrogens is 266 g/mol. The summed E-state index contributed by atoms with van der Waals surface area (Å²) >= 11 is 0. The fourth-order valence-electron chi connectivity index (χ4n) is 2.25. The van der Waals surface area contributed by atoms with Crippen molar-refractivity contribution in [2.75, 3.05) is 6.54 Å². The summed E-state index contributed by atoms with van der Waals surface area (Å²) in [6.45, 7) is 1.14. The van der Waals surface area contributed by atoms with Crippen LogP contribution in [0.2, 0.25) is 0 Å². The van der Waals surface area contributed by atoms with Crippen LogP contribution in [0.5, 0.6) is 0 Å². The van der Waals surface area contributed by atoms with Crippen LogP contribution in [-0.4, -0.2) is 22.0 Å². The van der Waals surface area contributed by atoms with Crippen molar-refractivity contribution in [3.05, 3.63) is 70.8 Å². The van der Waals surface area contributed by atoms with Crippen LogP contribution in [0.4, 0.5) is 0 Å². The number of nitrogens with zero attached hydrogens (tertiary/aromatic N) is 1. The van der Waals surface area contributed by atoms with Gasteiger partial charge in [-0.2, -0.15) is 0 Å². The molecule has 0 radical (unpaired) electrons. The number of H-pyrrole nitrogens is 1. The van der Waals surface area contributed by atoms with Crippen molar-refractivity contribution in [3.8, 4) is 0 Å². The summed E-state index contributed by atoms with van der Waals surface area (Å²) in [4.78, 5) is 27.4. The van der Waals surface area contributed by atoms with Crippen LogP contribution in [0, 0.1) is 0 Å².